The van der Waals surface area contributed by atoms with Gasteiger partial charge in [-0.3, -0.25) is 0 Å². The van der Waals surface area contributed by atoms with Crippen LogP contribution >= 0.6 is 12.4 Å². The van der Waals surface area contributed by atoms with Gasteiger partial charge in [-0.2, -0.15) is 0 Å². The number of nitrogens with zero attached hydrogens (tertiary/aromatic N) is 1. The van der Waals surface area contributed by atoms with E-state index < -0.39 is 5.97 Å². The number of carboxylic acids is 1. The van der Waals surface area contributed by atoms with E-state index in [1.54, 1.807) is 12.1 Å². The zero-order chi connectivity index (χ0) is 20.9. The minimum Gasteiger partial charge on any atom is -0.478 e. The molecule has 1 N–H and O–H groups in total. The molecule has 1 aliphatic heterocycles. The standard InChI is InChI=1S/C26H29NO3.ClH/c1-19(24-14-6-9-20-8-2-3-13-25(20)24)7-4-12-23-18-27(15-16-30-23)22-11-5-10-21(17-22)26(28)29;/h2-3,5-6,8-11,13-14,17,19,23H,4,7,12,15-16,18H2,1H3,(H,28,29);1H/t19-,23?;/m0./s1. The van der Waals surface area contributed by atoms with Crippen molar-refractivity contribution in [2.75, 3.05) is 24.6 Å². The maximum Gasteiger partial charge on any atom is 0.335 e. The summed E-state index contributed by atoms with van der Waals surface area (Å²) in [6.45, 7) is 4.60. The van der Waals surface area contributed by atoms with Gasteiger partial charge in [0.1, 0.15) is 0 Å². The fourth-order valence-electron chi connectivity index (χ4n) is 4.45. The number of aromatic carboxylic acids is 1. The molecule has 5 heteroatoms. The Morgan fingerprint density at radius 3 is 2.74 bits per heavy atom. The highest BCUT2D eigenvalue weighted by atomic mass is 35.5. The average Bonchev–Trinajstić information content (AvgIpc) is 2.79. The second-order valence-corrected chi connectivity index (χ2v) is 8.19. The second-order valence-electron chi connectivity index (χ2n) is 8.19. The van der Waals surface area contributed by atoms with Gasteiger partial charge in [-0.05, 0) is 53.3 Å². The zero-order valence-electron chi connectivity index (χ0n) is 17.9. The first-order valence-electron chi connectivity index (χ1n) is 10.8. The van der Waals surface area contributed by atoms with E-state index in [-0.39, 0.29) is 18.5 Å². The van der Waals surface area contributed by atoms with E-state index in [0.717, 1.165) is 38.0 Å². The molecule has 0 bridgehead atoms. The van der Waals surface area contributed by atoms with Crippen LogP contribution in [0.2, 0.25) is 0 Å². The Labute approximate surface area is 190 Å². The van der Waals surface area contributed by atoms with Crippen LogP contribution in [0.25, 0.3) is 10.8 Å². The van der Waals surface area contributed by atoms with Crippen LogP contribution in [0.4, 0.5) is 5.69 Å². The molecule has 1 fully saturated rings. The van der Waals surface area contributed by atoms with Gasteiger partial charge >= 0.3 is 5.97 Å². The van der Waals surface area contributed by atoms with Gasteiger partial charge < -0.3 is 14.7 Å². The van der Waals surface area contributed by atoms with Crippen LogP contribution in [0, 0.1) is 0 Å². The molecule has 0 aliphatic carbocycles. The lowest BCUT2D eigenvalue weighted by Gasteiger charge is -2.35. The number of halogens is 1. The normalized spacial score (nSPS) is 17.2. The third-order valence-electron chi connectivity index (χ3n) is 6.11. The molecule has 3 aromatic rings. The maximum atomic E-state index is 11.3. The van der Waals surface area contributed by atoms with E-state index in [9.17, 15) is 9.90 Å². The largest absolute Gasteiger partial charge is 0.478 e. The van der Waals surface area contributed by atoms with Crippen molar-refractivity contribution < 1.29 is 14.6 Å². The summed E-state index contributed by atoms with van der Waals surface area (Å²) in [6, 6.07) is 22.4. The molecule has 2 atom stereocenters. The Balaban J connectivity index is 0.00000272. The summed E-state index contributed by atoms with van der Waals surface area (Å²) in [6.07, 6.45) is 3.44. The molecule has 0 radical (unpaired) electrons. The SMILES string of the molecule is C[C@@H](CCCC1CN(c2cccc(C(=O)O)c2)CCO1)c1cccc2ccccc12.Cl. The maximum absolute atomic E-state index is 11.3. The predicted molar refractivity (Wildman–Crippen MR) is 129 cm³/mol. The van der Waals surface area contributed by atoms with Crippen LogP contribution in [0.5, 0.6) is 0 Å². The molecule has 1 heterocycles. The Bertz CT molecular complexity index is 1020. The fraction of sp³-hybridized carbons (Fsp3) is 0.346. The lowest BCUT2D eigenvalue weighted by atomic mass is 9.90. The summed E-state index contributed by atoms with van der Waals surface area (Å²) in [7, 11) is 0. The summed E-state index contributed by atoms with van der Waals surface area (Å²) in [4.78, 5) is 13.5. The smallest absolute Gasteiger partial charge is 0.335 e. The molecular weight excluding hydrogens is 410 g/mol. The molecule has 0 saturated carbocycles. The van der Waals surface area contributed by atoms with Crippen LogP contribution < -0.4 is 4.90 Å². The van der Waals surface area contributed by atoms with E-state index in [0.29, 0.717) is 18.1 Å². The van der Waals surface area contributed by atoms with Gasteiger partial charge in [-0.15, -0.1) is 12.4 Å². The van der Waals surface area contributed by atoms with Gasteiger partial charge in [-0.25, -0.2) is 4.79 Å². The molecule has 31 heavy (non-hydrogen) atoms. The average molecular weight is 440 g/mol. The number of rotatable bonds is 7. The number of ether oxygens (including phenoxy) is 1. The van der Waals surface area contributed by atoms with Gasteiger partial charge in [0.25, 0.3) is 0 Å². The van der Waals surface area contributed by atoms with Crippen LogP contribution in [0.1, 0.15) is 48.0 Å². The first-order chi connectivity index (χ1) is 14.6. The minimum atomic E-state index is -0.885. The molecule has 4 rings (SSSR count). The van der Waals surface area contributed by atoms with Crippen LogP contribution in [0.15, 0.2) is 66.7 Å². The number of carboxylic acid groups (broad SMARTS) is 1. The molecule has 1 aliphatic rings. The minimum absolute atomic E-state index is 0. The van der Waals surface area contributed by atoms with E-state index in [4.69, 9.17) is 4.74 Å². The summed E-state index contributed by atoms with van der Waals surface area (Å²) < 4.78 is 6.01. The molecule has 4 nitrogen and oxygen atoms in total. The van der Waals surface area contributed by atoms with Crippen molar-refractivity contribution in [1.29, 1.82) is 0 Å². The first-order valence-corrected chi connectivity index (χ1v) is 10.8. The molecular formula is C26H30ClNO3. The number of fused-ring (bicyclic) bond motifs is 1. The van der Waals surface area contributed by atoms with E-state index in [1.807, 2.05) is 12.1 Å². The summed E-state index contributed by atoms with van der Waals surface area (Å²) in [5, 5.41) is 11.9. The summed E-state index contributed by atoms with van der Waals surface area (Å²) >= 11 is 0. The third kappa shape index (κ3) is 5.57. The van der Waals surface area contributed by atoms with Crippen LogP contribution in [0.3, 0.4) is 0 Å². The second kappa shape index (κ2) is 10.7. The monoisotopic (exact) mass is 439 g/mol. The number of hydrogen-bond donors (Lipinski definition) is 1. The number of morpholine rings is 1. The van der Waals surface area contributed by atoms with Crippen LogP contribution in [-0.2, 0) is 4.74 Å². The molecule has 3 aromatic carbocycles. The Morgan fingerprint density at radius 1 is 1.13 bits per heavy atom. The van der Waals surface area contributed by atoms with Crippen molar-refractivity contribution in [2.24, 2.45) is 0 Å². The van der Waals surface area contributed by atoms with Gasteiger partial charge in [-0.1, -0.05) is 61.9 Å². The molecule has 0 aromatic heterocycles. The topological polar surface area (TPSA) is 49.8 Å². The van der Waals surface area contributed by atoms with Gasteiger partial charge in [0.2, 0.25) is 0 Å². The van der Waals surface area contributed by atoms with Crippen molar-refractivity contribution >= 4 is 34.8 Å². The lowest BCUT2D eigenvalue weighted by molar-refractivity contribution is 0.0334. The van der Waals surface area contributed by atoms with Crippen molar-refractivity contribution in [2.45, 2.75) is 38.2 Å². The van der Waals surface area contributed by atoms with Crippen molar-refractivity contribution in [3.63, 3.8) is 0 Å². The Morgan fingerprint density at radius 2 is 1.90 bits per heavy atom. The predicted octanol–water partition coefficient (Wildman–Crippen LogP) is 6.14. The summed E-state index contributed by atoms with van der Waals surface area (Å²) in [5.41, 5.74) is 2.72. The third-order valence-corrected chi connectivity index (χ3v) is 6.11. The summed E-state index contributed by atoms with van der Waals surface area (Å²) in [5.74, 6) is -0.382. The fourth-order valence-corrected chi connectivity index (χ4v) is 4.45. The highest BCUT2D eigenvalue weighted by Gasteiger charge is 2.21. The van der Waals surface area contributed by atoms with Gasteiger partial charge in [0.05, 0.1) is 18.3 Å². The quantitative estimate of drug-likeness (QED) is 0.480. The van der Waals surface area contributed by atoms with Crippen molar-refractivity contribution in [1.82, 2.24) is 0 Å². The molecule has 164 valence electrons. The number of anilines is 1. The Hall–Kier alpha value is -2.56. The lowest BCUT2D eigenvalue weighted by Crippen LogP contribution is -2.42. The number of carbonyl (C=O) groups is 1. The number of benzene rings is 3. The van der Waals surface area contributed by atoms with Gasteiger partial charge in [0, 0.05) is 18.8 Å². The molecule has 1 saturated heterocycles. The molecule has 0 amide bonds. The highest BCUT2D eigenvalue weighted by Crippen LogP contribution is 2.29. The van der Waals surface area contributed by atoms with E-state index in [1.165, 1.54) is 16.3 Å². The van der Waals surface area contributed by atoms with Crippen molar-refractivity contribution in [3.05, 3.63) is 77.9 Å². The highest BCUT2D eigenvalue weighted by molar-refractivity contribution is 5.89. The van der Waals surface area contributed by atoms with Gasteiger partial charge in [0.15, 0.2) is 0 Å². The Kier molecular flexibility index (Phi) is 7.94. The number of hydrogen-bond acceptors (Lipinski definition) is 3. The first kappa shape index (κ1) is 23.1. The van der Waals surface area contributed by atoms with Crippen molar-refractivity contribution in [3.8, 4) is 0 Å². The molecule has 0 spiro atoms. The van der Waals surface area contributed by atoms with Crippen LogP contribution in [-0.4, -0.2) is 36.9 Å². The van der Waals surface area contributed by atoms with E-state index >= 15 is 0 Å². The molecule has 1 unspecified atom stereocenters. The van der Waals surface area contributed by atoms with E-state index in [2.05, 4.69) is 54.3 Å². The zero-order valence-corrected chi connectivity index (χ0v) is 18.7.